The molecule has 1 aromatic heterocycles. The number of halogens is 2. The van der Waals surface area contributed by atoms with Gasteiger partial charge in [-0.25, -0.2) is 8.78 Å². The molecule has 6 nitrogen and oxygen atoms in total. The van der Waals surface area contributed by atoms with E-state index in [1.165, 1.54) is 31.6 Å². The van der Waals surface area contributed by atoms with E-state index >= 15 is 0 Å². The van der Waals surface area contributed by atoms with Gasteiger partial charge in [-0.2, -0.15) is 4.99 Å². The molecule has 3 rings (SSSR count). The van der Waals surface area contributed by atoms with E-state index in [1.807, 2.05) is 0 Å². The van der Waals surface area contributed by atoms with E-state index in [9.17, 15) is 13.6 Å². The van der Waals surface area contributed by atoms with Gasteiger partial charge in [-0.05, 0) is 12.1 Å². The number of rotatable bonds is 6. The number of benzene rings is 2. The molecule has 3 aromatic rings. The summed E-state index contributed by atoms with van der Waals surface area (Å²) < 4.78 is 46.1. The third-order valence-electron chi connectivity index (χ3n) is 4.08. The van der Waals surface area contributed by atoms with Gasteiger partial charge < -0.3 is 18.8 Å². The quantitative estimate of drug-likeness (QED) is 0.627. The molecule has 0 aliphatic rings. The van der Waals surface area contributed by atoms with E-state index in [-0.39, 0.29) is 4.80 Å². The molecular weight excluding hydrogens is 390 g/mol. The van der Waals surface area contributed by atoms with Gasteiger partial charge >= 0.3 is 0 Å². The summed E-state index contributed by atoms with van der Waals surface area (Å²) in [6, 6.07) is 6.75. The van der Waals surface area contributed by atoms with Gasteiger partial charge in [0.1, 0.15) is 17.2 Å². The first kappa shape index (κ1) is 20.0. The first-order valence-electron chi connectivity index (χ1n) is 8.27. The average Bonchev–Trinajstić information content (AvgIpc) is 3.00. The van der Waals surface area contributed by atoms with Gasteiger partial charge in [0.05, 0.1) is 31.0 Å². The highest BCUT2D eigenvalue weighted by molar-refractivity contribution is 7.16. The minimum atomic E-state index is -0.993. The van der Waals surface area contributed by atoms with Crippen LogP contribution in [-0.2, 0) is 11.3 Å². The maximum absolute atomic E-state index is 13.9. The van der Waals surface area contributed by atoms with Gasteiger partial charge in [-0.1, -0.05) is 17.4 Å². The van der Waals surface area contributed by atoms with Gasteiger partial charge in [0.2, 0.25) is 0 Å². The Kier molecular flexibility index (Phi) is 6.05. The summed E-state index contributed by atoms with van der Waals surface area (Å²) in [6.45, 7) is 0.744. The topological polar surface area (TPSA) is 62.1 Å². The Labute approximate surface area is 163 Å². The van der Waals surface area contributed by atoms with Crippen molar-refractivity contribution in [2.45, 2.75) is 6.54 Å². The standard InChI is InChI=1S/C19H18F2N2O4S/c1-25-8-7-23-13-9-14(26-2)15(27-3)10-16(13)28-19(23)22-18(24)17-11(20)5-4-6-12(17)21/h4-6,9-10H,7-8H2,1-3H3. The molecule has 0 radical (unpaired) electrons. The van der Waals surface area contributed by atoms with Crippen LogP contribution in [-0.4, -0.2) is 38.4 Å². The number of fused-ring (bicyclic) bond motifs is 1. The summed E-state index contributed by atoms with van der Waals surface area (Å²) in [5.74, 6) is -1.87. The Morgan fingerprint density at radius 3 is 2.36 bits per heavy atom. The van der Waals surface area contributed by atoms with E-state index in [1.54, 1.807) is 23.8 Å². The fraction of sp³-hybridized carbons (Fsp3) is 0.263. The van der Waals surface area contributed by atoms with Crippen LogP contribution in [0.25, 0.3) is 10.2 Å². The monoisotopic (exact) mass is 408 g/mol. The third kappa shape index (κ3) is 3.76. The maximum atomic E-state index is 13.9. The van der Waals surface area contributed by atoms with E-state index < -0.39 is 23.1 Å². The first-order valence-corrected chi connectivity index (χ1v) is 9.09. The zero-order chi connectivity index (χ0) is 20.3. The van der Waals surface area contributed by atoms with Gasteiger partial charge in [-0.3, -0.25) is 4.79 Å². The van der Waals surface area contributed by atoms with Crippen LogP contribution >= 0.6 is 11.3 Å². The van der Waals surface area contributed by atoms with Crippen molar-refractivity contribution in [1.29, 1.82) is 0 Å². The average molecular weight is 408 g/mol. The van der Waals surface area contributed by atoms with Crippen molar-refractivity contribution < 1.29 is 27.8 Å². The fourth-order valence-electron chi connectivity index (χ4n) is 2.73. The number of thiazole rings is 1. The second-order valence-corrected chi connectivity index (χ2v) is 6.73. The molecule has 0 atom stereocenters. The van der Waals surface area contributed by atoms with Crippen LogP contribution in [0, 0.1) is 11.6 Å². The Bertz CT molecular complexity index is 1070. The Morgan fingerprint density at radius 1 is 1.11 bits per heavy atom. The maximum Gasteiger partial charge on any atom is 0.285 e. The van der Waals surface area contributed by atoms with Gasteiger partial charge in [0, 0.05) is 25.8 Å². The molecule has 0 saturated carbocycles. The van der Waals surface area contributed by atoms with Crippen LogP contribution in [0.5, 0.6) is 11.5 Å². The smallest absolute Gasteiger partial charge is 0.285 e. The van der Waals surface area contributed by atoms with Crippen LogP contribution in [0.2, 0.25) is 0 Å². The van der Waals surface area contributed by atoms with E-state index in [0.29, 0.717) is 24.7 Å². The minimum absolute atomic E-state index is 0.287. The lowest BCUT2D eigenvalue weighted by Gasteiger charge is -2.09. The van der Waals surface area contributed by atoms with Crippen molar-refractivity contribution in [2.24, 2.45) is 4.99 Å². The SMILES string of the molecule is COCCn1c(=NC(=O)c2c(F)cccc2F)sc2cc(OC)c(OC)cc21. The molecule has 0 bridgehead atoms. The summed E-state index contributed by atoms with van der Waals surface area (Å²) in [5.41, 5.74) is 0.0497. The summed E-state index contributed by atoms with van der Waals surface area (Å²) >= 11 is 1.20. The molecule has 0 unspecified atom stereocenters. The fourth-order valence-corrected chi connectivity index (χ4v) is 3.79. The lowest BCUT2D eigenvalue weighted by molar-refractivity contribution is 0.0989. The zero-order valence-electron chi connectivity index (χ0n) is 15.5. The first-order chi connectivity index (χ1) is 13.5. The number of aromatic nitrogens is 1. The Balaban J connectivity index is 2.21. The Morgan fingerprint density at radius 2 is 1.75 bits per heavy atom. The molecule has 0 spiro atoms. The van der Waals surface area contributed by atoms with Crippen molar-refractivity contribution in [3.63, 3.8) is 0 Å². The highest BCUT2D eigenvalue weighted by Crippen LogP contribution is 2.33. The molecule has 1 amide bonds. The second-order valence-electron chi connectivity index (χ2n) is 5.72. The van der Waals surface area contributed by atoms with Crippen molar-refractivity contribution in [3.8, 4) is 11.5 Å². The molecule has 0 saturated heterocycles. The van der Waals surface area contributed by atoms with Gasteiger partial charge in [0.15, 0.2) is 16.3 Å². The lowest BCUT2D eigenvalue weighted by Crippen LogP contribution is -2.20. The van der Waals surface area contributed by atoms with Crippen molar-refractivity contribution in [2.75, 3.05) is 27.9 Å². The molecule has 0 N–H and O–H groups in total. The zero-order valence-corrected chi connectivity index (χ0v) is 16.3. The van der Waals surface area contributed by atoms with E-state index in [2.05, 4.69) is 4.99 Å². The van der Waals surface area contributed by atoms with Crippen molar-refractivity contribution in [3.05, 3.63) is 52.3 Å². The van der Waals surface area contributed by atoms with Crippen LogP contribution in [0.1, 0.15) is 10.4 Å². The lowest BCUT2D eigenvalue weighted by atomic mass is 10.2. The highest BCUT2D eigenvalue weighted by Gasteiger charge is 2.18. The second kappa shape index (κ2) is 8.49. The number of methoxy groups -OCH3 is 3. The van der Waals surface area contributed by atoms with Crippen molar-refractivity contribution >= 4 is 27.5 Å². The number of carbonyl (C=O) groups is 1. The van der Waals surface area contributed by atoms with E-state index in [0.717, 1.165) is 22.3 Å². The molecule has 0 fully saturated rings. The summed E-state index contributed by atoms with van der Waals surface area (Å²) in [7, 11) is 4.59. The number of ether oxygens (including phenoxy) is 3. The number of amides is 1. The highest BCUT2D eigenvalue weighted by atomic mass is 32.1. The van der Waals surface area contributed by atoms with Crippen LogP contribution < -0.4 is 14.3 Å². The molecule has 9 heteroatoms. The molecule has 0 aliphatic carbocycles. The molecule has 2 aromatic carbocycles. The summed E-state index contributed by atoms with van der Waals surface area (Å²) in [4.78, 5) is 16.7. The van der Waals surface area contributed by atoms with Crippen molar-refractivity contribution in [1.82, 2.24) is 4.57 Å². The molecular formula is C19H18F2N2O4S. The van der Waals surface area contributed by atoms with E-state index in [4.69, 9.17) is 14.2 Å². The Hall–Kier alpha value is -2.78. The number of hydrogen-bond donors (Lipinski definition) is 0. The molecule has 28 heavy (non-hydrogen) atoms. The largest absolute Gasteiger partial charge is 0.493 e. The van der Waals surface area contributed by atoms with Crippen LogP contribution in [0.15, 0.2) is 35.3 Å². The number of hydrogen-bond acceptors (Lipinski definition) is 5. The number of carbonyl (C=O) groups excluding carboxylic acids is 1. The van der Waals surface area contributed by atoms with Crippen LogP contribution in [0.3, 0.4) is 0 Å². The minimum Gasteiger partial charge on any atom is -0.493 e. The molecule has 0 aliphatic heterocycles. The molecule has 1 heterocycles. The van der Waals surface area contributed by atoms with Crippen LogP contribution in [0.4, 0.5) is 8.78 Å². The summed E-state index contributed by atoms with van der Waals surface area (Å²) in [6.07, 6.45) is 0. The predicted molar refractivity (Wildman–Crippen MR) is 101 cm³/mol. The third-order valence-corrected chi connectivity index (χ3v) is 5.12. The van der Waals surface area contributed by atoms with Gasteiger partial charge in [-0.15, -0.1) is 0 Å². The molecule has 148 valence electrons. The number of nitrogens with zero attached hydrogens (tertiary/aromatic N) is 2. The predicted octanol–water partition coefficient (Wildman–Crippen LogP) is 3.39. The summed E-state index contributed by atoms with van der Waals surface area (Å²) in [5, 5.41) is 0. The normalized spacial score (nSPS) is 11.8. The van der Waals surface area contributed by atoms with Gasteiger partial charge in [0.25, 0.3) is 5.91 Å².